The van der Waals surface area contributed by atoms with Crippen LogP contribution >= 0.6 is 0 Å². The van der Waals surface area contributed by atoms with Crippen LogP contribution in [0.3, 0.4) is 0 Å². The Morgan fingerprint density at radius 1 is 1.24 bits per heavy atom. The Morgan fingerprint density at radius 3 is 2.52 bits per heavy atom. The Balaban J connectivity index is 2.11. The van der Waals surface area contributed by atoms with Gasteiger partial charge in [0.05, 0.1) is 13.2 Å². The molecule has 0 aliphatic heterocycles. The van der Waals surface area contributed by atoms with Gasteiger partial charge in [-0.3, -0.25) is 14.9 Å². The topological polar surface area (TPSA) is 124 Å². The summed E-state index contributed by atoms with van der Waals surface area (Å²) in [5.74, 6) is -4.10. The van der Waals surface area contributed by atoms with E-state index in [9.17, 15) is 23.2 Å². The number of amides is 2. The van der Waals surface area contributed by atoms with Gasteiger partial charge in [0.2, 0.25) is 11.8 Å². The zero-order chi connectivity index (χ0) is 21.7. The van der Waals surface area contributed by atoms with E-state index in [0.717, 1.165) is 12.1 Å². The second-order valence-corrected chi connectivity index (χ2v) is 6.14. The van der Waals surface area contributed by atoms with Crippen LogP contribution in [0.2, 0.25) is 0 Å². The monoisotopic (exact) mass is 409 g/mol. The first-order valence-corrected chi connectivity index (χ1v) is 8.74. The lowest BCUT2D eigenvalue weighted by Crippen LogP contribution is -2.31. The average molecular weight is 409 g/mol. The number of ether oxygens (including phenoxy) is 1. The molecule has 0 aliphatic carbocycles. The third-order valence-corrected chi connectivity index (χ3v) is 4.06. The summed E-state index contributed by atoms with van der Waals surface area (Å²) < 4.78 is 37.0. The molecular weight excluding hydrogens is 388 g/mol. The van der Waals surface area contributed by atoms with Gasteiger partial charge in [-0.2, -0.15) is 0 Å². The first kappa shape index (κ1) is 22.0. The van der Waals surface area contributed by atoms with Crippen LogP contribution < -0.4 is 16.4 Å². The minimum absolute atomic E-state index is 0.0576. The maximum atomic E-state index is 13.8. The summed E-state index contributed by atoms with van der Waals surface area (Å²) in [5.41, 5.74) is 5.03. The summed E-state index contributed by atoms with van der Waals surface area (Å²) in [6.07, 6.45) is 0. The van der Waals surface area contributed by atoms with E-state index < -0.39 is 35.5 Å². The molecule has 2 aromatic rings. The van der Waals surface area contributed by atoms with Gasteiger partial charge < -0.3 is 20.2 Å². The van der Waals surface area contributed by atoms with Gasteiger partial charge in [-0.15, -0.1) is 0 Å². The van der Waals surface area contributed by atoms with Gasteiger partial charge in [0.25, 0.3) is 5.91 Å². The zero-order valence-corrected chi connectivity index (χ0v) is 16.1. The predicted molar refractivity (Wildman–Crippen MR) is 99.3 cm³/mol. The van der Waals surface area contributed by atoms with E-state index in [-0.39, 0.29) is 41.5 Å². The van der Waals surface area contributed by atoms with Crippen molar-refractivity contribution in [1.29, 1.82) is 0 Å². The van der Waals surface area contributed by atoms with Crippen molar-refractivity contribution in [1.82, 2.24) is 5.32 Å². The smallest absolute Gasteiger partial charge is 0.342 e. The van der Waals surface area contributed by atoms with Gasteiger partial charge in [0, 0.05) is 17.7 Å². The molecule has 0 fully saturated rings. The molecule has 1 heterocycles. The van der Waals surface area contributed by atoms with Crippen molar-refractivity contribution in [2.24, 2.45) is 5.73 Å². The number of carbonyl (C=O) groups is 3. The normalized spacial score (nSPS) is 11.8. The Morgan fingerprint density at radius 2 is 1.93 bits per heavy atom. The number of rotatable bonds is 8. The van der Waals surface area contributed by atoms with Crippen molar-refractivity contribution in [3.05, 3.63) is 52.3 Å². The number of aryl methyl sites for hydroxylation is 1. The lowest BCUT2D eigenvalue weighted by atomic mass is 10.1. The van der Waals surface area contributed by atoms with E-state index in [1.165, 1.54) is 13.0 Å². The Kier molecular flexibility index (Phi) is 7.05. The molecule has 0 aliphatic rings. The van der Waals surface area contributed by atoms with Gasteiger partial charge in [-0.1, -0.05) is 6.07 Å². The summed E-state index contributed by atoms with van der Waals surface area (Å²) in [4.78, 5) is 36.0. The number of anilines is 1. The molecule has 0 saturated heterocycles. The summed E-state index contributed by atoms with van der Waals surface area (Å²) in [6.45, 7) is 4.40. The third kappa shape index (κ3) is 5.17. The molecule has 10 heteroatoms. The first-order valence-electron chi connectivity index (χ1n) is 8.74. The summed E-state index contributed by atoms with van der Waals surface area (Å²) in [6, 6.07) is 2.52. The fourth-order valence-corrected chi connectivity index (χ4v) is 2.70. The van der Waals surface area contributed by atoms with Crippen LogP contribution in [0, 0.1) is 18.6 Å². The molecule has 0 saturated carbocycles. The molecule has 0 radical (unpaired) electrons. The molecular formula is C19H21F2N3O5. The first-order chi connectivity index (χ1) is 13.6. The van der Waals surface area contributed by atoms with E-state index in [4.69, 9.17) is 14.9 Å². The lowest BCUT2D eigenvalue weighted by molar-refractivity contribution is -0.115. The number of hydrogen-bond donors (Lipinski definition) is 3. The highest BCUT2D eigenvalue weighted by Gasteiger charge is 2.29. The van der Waals surface area contributed by atoms with Crippen LogP contribution in [0.15, 0.2) is 22.6 Å². The quantitative estimate of drug-likeness (QED) is 0.576. The largest absolute Gasteiger partial charge is 0.462 e. The van der Waals surface area contributed by atoms with Crippen LogP contribution in [0.5, 0.6) is 0 Å². The number of furan rings is 1. The van der Waals surface area contributed by atoms with Crippen LogP contribution in [0.1, 0.15) is 51.9 Å². The van der Waals surface area contributed by atoms with Gasteiger partial charge >= 0.3 is 5.97 Å². The predicted octanol–water partition coefficient (Wildman–Crippen LogP) is 2.43. The second kappa shape index (κ2) is 9.28. The SMILES string of the molecule is CCOC(=O)c1c(C)oc(NC(=O)CN[C@@H](C)c2ccc(F)cc2F)c1C(N)=O. The van der Waals surface area contributed by atoms with Crippen LogP contribution in [-0.4, -0.2) is 30.9 Å². The molecule has 8 nitrogen and oxygen atoms in total. The van der Waals surface area contributed by atoms with E-state index >= 15 is 0 Å². The van der Waals surface area contributed by atoms with Crippen LogP contribution in [0.25, 0.3) is 0 Å². The summed E-state index contributed by atoms with van der Waals surface area (Å²) in [7, 11) is 0. The van der Waals surface area contributed by atoms with Gasteiger partial charge in [0.1, 0.15) is 28.5 Å². The Hall–Kier alpha value is -3.27. The highest BCUT2D eigenvalue weighted by atomic mass is 19.1. The maximum Gasteiger partial charge on any atom is 0.342 e. The molecule has 2 rings (SSSR count). The van der Waals surface area contributed by atoms with Crippen molar-refractivity contribution < 1.29 is 32.3 Å². The minimum atomic E-state index is -0.977. The highest BCUT2D eigenvalue weighted by Crippen LogP contribution is 2.27. The Labute approximate surface area is 165 Å². The molecule has 4 N–H and O–H groups in total. The molecule has 1 aromatic carbocycles. The van der Waals surface area contributed by atoms with Crippen molar-refractivity contribution in [3.63, 3.8) is 0 Å². The number of halogens is 2. The molecule has 1 aromatic heterocycles. The number of primary amides is 1. The van der Waals surface area contributed by atoms with Crippen molar-refractivity contribution >= 4 is 23.7 Å². The summed E-state index contributed by atoms with van der Waals surface area (Å²) in [5, 5.41) is 5.12. The Bertz CT molecular complexity index is 942. The number of carbonyl (C=O) groups excluding carboxylic acids is 3. The lowest BCUT2D eigenvalue weighted by Gasteiger charge is -2.14. The van der Waals surface area contributed by atoms with Gasteiger partial charge in [0.15, 0.2) is 0 Å². The van der Waals surface area contributed by atoms with Gasteiger partial charge in [-0.05, 0) is 26.8 Å². The van der Waals surface area contributed by atoms with Crippen LogP contribution in [0.4, 0.5) is 14.7 Å². The molecule has 2 amide bonds. The molecule has 0 spiro atoms. The standard InChI is InChI=1S/C19H21F2N3O5/c1-4-28-19(27)15-10(3)29-18(16(15)17(22)26)24-14(25)8-23-9(2)12-6-5-11(20)7-13(12)21/h5-7,9,23H,4,8H2,1-3H3,(H2,22,26)(H,24,25)/t9-/m0/s1. The molecule has 1 atom stereocenters. The van der Waals surface area contributed by atoms with Crippen LogP contribution in [-0.2, 0) is 9.53 Å². The van der Waals surface area contributed by atoms with E-state index in [2.05, 4.69) is 10.6 Å². The number of nitrogens with one attached hydrogen (secondary N) is 2. The maximum absolute atomic E-state index is 13.8. The van der Waals surface area contributed by atoms with Crippen molar-refractivity contribution in [3.8, 4) is 0 Å². The molecule has 29 heavy (non-hydrogen) atoms. The second-order valence-electron chi connectivity index (χ2n) is 6.14. The zero-order valence-electron chi connectivity index (χ0n) is 16.1. The van der Waals surface area contributed by atoms with E-state index in [1.54, 1.807) is 13.8 Å². The number of hydrogen-bond acceptors (Lipinski definition) is 6. The van der Waals surface area contributed by atoms with E-state index in [1.807, 2.05) is 0 Å². The number of esters is 1. The summed E-state index contributed by atoms with van der Waals surface area (Å²) >= 11 is 0. The highest BCUT2D eigenvalue weighted by molar-refractivity contribution is 6.10. The fourth-order valence-electron chi connectivity index (χ4n) is 2.70. The van der Waals surface area contributed by atoms with E-state index in [0.29, 0.717) is 0 Å². The van der Waals surface area contributed by atoms with Gasteiger partial charge in [-0.25, -0.2) is 13.6 Å². The molecule has 0 bridgehead atoms. The fraction of sp³-hybridized carbons (Fsp3) is 0.316. The van der Waals surface area contributed by atoms with Crippen molar-refractivity contribution in [2.45, 2.75) is 26.8 Å². The third-order valence-electron chi connectivity index (χ3n) is 4.06. The number of benzene rings is 1. The molecule has 156 valence electrons. The van der Waals surface area contributed by atoms with Crippen molar-refractivity contribution in [2.75, 3.05) is 18.5 Å². The minimum Gasteiger partial charge on any atom is -0.462 e. The molecule has 0 unspecified atom stereocenters. The number of nitrogens with two attached hydrogens (primary N) is 1. The average Bonchev–Trinajstić information content (AvgIpc) is 2.96.